The van der Waals surface area contributed by atoms with Gasteiger partial charge >= 0.3 is 0 Å². The summed E-state index contributed by atoms with van der Waals surface area (Å²) in [4.78, 5) is 12.8. The fourth-order valence-electron chi connectivity index (χ4n) is 1.98. The molecule has 1 aromatic heterocycles. The van der Waals surface area contributed by atoms with Gasteiger partial charge in [0.1, 0.15) is 11.5 Å². The van der Waals surface area contributed by atoms with Gasteiger partial charge in [-0.05, 0) is 26.0 Å². The summed E-state index contributed by atoms with van der Waals surface area (Å²) in [5.74, 6) is 2.67. The Morgan fingerprint density at radius 3 is 2.16 bits per heavy atom. The predicted molar refractivity (Wildman–Crippen MR) is 98.9 cm³/mol. The van der Waals surface area contributed by atoms with E-state index in [2.05, 4.69) is 36.1 Å². The van der Waals surface area contributed by atoms with Crippen LogP contribution in [-0.2, 0) is 0 Å². The van der Waals surface area contributed by atoms with Gasteiger partial charge in [-0.3, -0.25) is 0 Å². The summed E-state index contributed by atoms with van der Waals surface area (Å²) in [7, 11) is 3.20. The molecule has 0 saturated heterocycles. The zero-order chi connectivity index (χ0) is 18.1. The molecule has 0 saturated carbocycles. The molecule has 0 bridgehead atoms. The third-order valence-corrected chi connectivity index (χ3v) is 3.11. The van der Waals surface area contributed by atoms with Crippen LogP contribution in [-0.4, -0.2) is 48.5 Å². The Balaban J connectivity index is 2.15. The second kappa shape index (κ2) is 9.26. The minimum Gasteiger partial charge on any atom is -0.497 e. The summed E-state index contributed by atoms with van der Waals surface area (Å²) in [6.07, 6.45) is 1.63. The SMILES string of the molecule is CCNc1nc(NCC)nc(N/N=C/c2ccc(OC)cc2OC)n1. The van der Waals surface area contributed by atoms with E-state index in [0.29, 0.717) is 42.4 Å². The van der Waals surface area contributed by atoms with E-state index in [4.69, 9.17) is 9.47 Å². The van der Waals surface area contributed by atoms with Gasteiger partial charge in [0.25, 0.3) is 0 Å². The maximum absolute atomic E-state index is 5.33. The van der Waals surface area contributed by atoms with E-state index in [1.165, 1.54) is 0 Å². The van der Waals surface area contributed by atoms with Crippen LogP contribution in [0.1, 0.15) is 19.4 Å². The summed E-state index contributed by atoms with van der Waals surface area (Å²) < 4.78 is 10.5. The summed E-state index contributed by atoms with van der Waals surface area (Å²) >= 11 is 0. The van der Waals surface area contributed by atoms with Gasteiger partial charge in [-0.2, -0.15) is 20.1 Å². The number of methoxy groups -OCH3 is 2. The number of benzene rings is 1. The smallest absolute Gasteiger partial charge is 0.250 e. The second-order valence-corrected chi connectivity index (χ2v) is 4.84. The zero-order valence-corrected chi connectivity index (χ0v) is 14.8. The molecular weight excluding hydrogens is 322 g/mol. The number of hydrogen-bond acceptors (Lipinski definition) is 9. The zero-order valence-electron chi connectivity index (χ0n) is 14.8. The van der Waals surface area contributed by atoms with Crippen molar-refractivity contribution >= 4 is 24.1 Å². The molecule has 1 aromatic carbocycles. The largest absolute Gasteiger partial charge is 0.497 e. The lowest BCUT2D eigenvalue weighted by Crippen LogP contribution is -2.10. The van der Waals surface area contributed by atoms with E-state index in [1.807, 2.05) is 26.0 Å². The Hall–Kier alpha value is -3.10. The number of ether oxygens (including phenoxy) is 2. The molecule has 0 aliphatic rings. The summed E-state index contributed by atoms with van der Waals surface area (Å²) in [5.41, 5.74) is 3.61. The molecular formula is C16H23N7O2. The molecule has 0 fully saturated rings. The molecule has 0 spiro atoms. The van der Waals surface area contributed by atoms with Crippen molar-refractivity contribution in [3.63, 3.8) is 0 Å². The molecule has 0 amide bonds. The molecule has 9 heteroatoms. The van der Waals surface area contributed by atoms with E-state index >= 15 is 0 Å². The lowest BCUT2D eigenvalue weighted by Gasteiger charge is -2.08. The Kier molecular flexibility index (Phi) is 6.76. The first-order chi connectivity index (χ1) is 12.2. The third-order valence-electron chi connectivity index (χ3n) is 3.11. The fraction of sp³-hybridized carbons (Fsp3) is 0.375. The Labute approximate surface area is 146 Å². The van der Waals surface area contributed by atoms with Crippen LogP contribution in [0.4, 0.5) is 17.8 Å². The Bertz CT molecular complexity index is 697. The van der Waals surface area contributed by atoms with E-state index < -0.39 is 0 Å². The quantitative estimate of drug-likeness (QED) is 0.469. The highest BCUT2D eigenvalue weighted by Gasteiger charge is 2.05. The number of nitrogens with one attached hydrogen (secondary N) is 3. The van der Waals surface area contributed by atoms with E-state index in [1.54, 1.807) is 26.5 Å². The van der Waals surface area contributed by atoms with Crippen molar-refractivity contribution < 1.29 is 9.47 Å². The van der Waals surface area contributed by atoms with Crippen LogP contribution in [0.15, 0.2) is 23.3 Å². The van der Waals surface area contributed by atoms with Crippen LogP contribution in [0.3, 0.4) is 0 Å². The van der Waals surface area contributed by atoms with E-state index in [0.717, 1.165) is 5.56 Å². The van der Waals surface area contributed by atoms with Crippen LogP contribution < -0.4 is 25.5 Å². The monoisotopic (exact) mass is 345 g/mol. The molecule has 1 heterocycles. The maximum atomic E-state index is 5.33. The number of hydrazone groups is 1. The van der Waals surface area contributed by atoms with Crippen molar-refractivity contribution in [3.8, 4) is 11.5 Å². The van der Waals surface area contributed by atoms with Gasteiger partial charge in [0.15, 0.2) is 0 Å². The van der Waals surface area contributed by atoms with Crippen molar-refractivity contribution in [2.24, 2.45) is 5.10 Å². The number of anilines is 3. The highest BCUT2D eigenvalue weighted by Crippen LogP contribution is 2.23. The first kappa shape index (κ1) is 18.2. The topological polar surface area (TPSA) is 106 Å². The number of rotatable bonds is 9. The molecule has 0 atom stereocenters. The lowest BCUT2D eigenvalue weighted by atomic mass is 10.2. The van der Waals surface area contributed by atoms with Crippen LogP contribution in [0, 0.1) is 0 Å². The van der Waals surface area contributed by atoms with Crippen LogP contribution >= 0.6 is 0 Å². The number of aromatic nitrogens is 3. The van der Waals surface area contributed by atoms with Crippen LogP contribution in [0.5, 0.6) is 11.5 Å². The van der Waals surface area contributed by atoms with Gasteiger partial charge in [-0.25, -0.2) is 5.43 Å². The van der Waals surface area contributed by atoms with Crippen LogP contribution in [0.2, 0.25) is 0 Å². The van der Waals surface area contributed by atoms with Gasteiger partial charge < -0.3 is 20.1 Å². The summed E-state index contributed by atoms with van der Waals surface area (Å²) in [6, 6.07) is 5.47. The van der Waals surface area contributed by atoms with Crippen LogP contribution in [0.25, 0.3) is 0 Å². The fourth-order valence-corrected chi connectivity index (χ4v) is 1.98. The van der Waals surface area contributed by atoms with Crippen molar-refractivity contribution in [1.82, 2.24) is 15.0 Å². The molecule has 3 N–H and O–H groups in total. The molecule has 0 radical (unpaired) electrons. The minimum absolute atomic E-state index is 0.339. The Morgan fingerprint density at radius 2 is 1.60 bits per heavy atom. The molecule has 9 nitrogen and oxygen atoms in total. The summed E-state index contributed by atoms with van der Waals surface area (Å²) in [5, 5.41) is 10.3. The molecule has 2 aromatic rings. The minimum atomic E-state index is 0.339. The number of nitrogens with zero attached hydrogens (tertiary/aromatic N) is 4. The first-order valence-corrected chi connectivity index (χ1v) is 7.95. The van der Waals surface area contributed by atoms with Crippen molar-refractivity contribution in [2.75, 3.05) is 43.4 Å². The average molecular weight is 345 g/mol. The summed E-state index contributed by atoms with van der Waals surface area (Å²) in [6.45, 7) is 5.36. The molecule has 0 unspecified atom stereocenters. The molecule has 25 heavy (non-hydrogen) atoms. The van der Waals surface area contributed by atoms with Gasteiger partial charge in [-0.1, -0.05) is 0 Å². The van der Waals surface area contributed by atoms with Gasteiger partial charge in [0.2, 0.25) is 17.8 Å². The van der Waals surface area contributed by atoms with Gasteiger partial charge in [0.05, 0.1) is 20.4 Å². The van der Waals surface area contributed by atoms with Crippen molar-refractivity contribution in [1.29, 1.82) is 0 Å². The Morgan fingerprint density at radius 1 is 0.960 bits per heavy atom. The first-order valence-electron chi connectivity index (χ1n) is 7.95. The van der Waals surface area contributed by atoms with E-state index in [9.17, 15) is 0 Å². The second-order valence-electron chi connectivity index (χ2n) is 4.84. The predicted octanol–water partition coefficient (Wildman–Crippen LogP) is 2.20. The molecule has 0 aliphatic heterocycles. The van der Waals surface area contributed by atoms with E-state index in [-0.39, 0.29) is 0 Å². The van der Waals surface area contributed by atoms with Crippen molar-refractivity contribution in [2.45, 2.75) is 13.8 Å². The van der Waals surface area contributed by atoms with Gasteiger partial charge in [0, 0.05) is 24.7 Å². The molecule has 2 rings (SSSR count). The number of hydrogen-bond donors (Lipinski definition) is 3. The highest BCUT2D eigenvalue weighted by atomic mass is 16.5. The standard InChI is InChI=1S/C16H23N7O2/c1-5-17-14-20-15(18-6-2)22-16(21-14)23-19-10-11-7-8-12(24-3)9-13(11)25-4/h7-10H,5-6H2,1-4H3,(H3,17,18,20,21,22,23)/b19-10+. The average Bonchev–Trinajstić information content (AvgIpc) is 2.62. The highest BCUT2D eigenvalue weighted by molar-refractivity contribution is 5.84. The maximum Gasteiger partial charge on any atom is 0.250 e. The molecule has 0 aliphatic carbocycles. The third kappa shape index (κ3) is 5.20. The van der Waals surface area contributed by atoms with Gasteiger partial charge in [-0.15, -0.1) is 0 Å². The molecule has 134 valence electrons. The lowest BCUT2D eigenvalue weighted by molar-refractivity contribution is 0.394. The normalized spacial score (nSPS) is 10.6. The van der Waals surface area contributed by atoms with Crippen molar-refractivity contribution in [3.05, 3.63) is 23.8 Å².